The summed E-state index contributed by atoms with van der Waals surface area (Å²) in [5.74, 6) is 1.34. The van der Waals surface area contributed by atoms with Gasteiger partial charge in [-0.3, -0.25) is 4.79 Å². The summed E-state index contributed by atoms with van der Waals surface area (Å²) in [5, 5.41) is 6.93. The van der Waals surface area contributed by atoms with Crippen molar-refractivity contribution >= 4 is 11.6 Å². The molecule has 162 valence electrons. The molecule has 31 heavy (non-hydrogen) atoms. The van der Waals surface area contributed by atoms with E-state index in [1.807, 2.05) is 6.92 Å². The van der Waals surface area contributed by atoms with E-state index in [-0.39, 0.29) is 23.1 Å². The van der Waals surface area contributed by atoms with E-state index in [9.17, 15) is 18.0 Å². The molecule has 2 fully saturated rings. The standard InChI is InChI=1S/C23H23F3N4O/c1-13(17-10-14-7-8-16(17)9-14)27-22(31)19-12-21-28-18(15-5-3-2-4-6-15)11-20(23(24,25)26)30(21)29-19/h2-6,11-14,16-17H,7-10H2,1H3,(H,27,31)/t13-,14+,16+,17+/m0/s1. The van der Waals surface area contributed by atoms with Crippen molar-refractivity contribution in [2.45, 2.75) is 44.8 Å². The third-order valence-corrected chi connectivity index (χ3v) is 6.81. The zero-order valence-electron chi connectivity index (χ0n) is 17.1. The molecule has 3 aromatic rings. The summed E-state index contributed by atoms with van der Waals surface area (Å²) in [6, 6.07) is 10.9. The molecule has 2 bridgehead atoms. The second-order valence-corrected chi connectivity index (χ2v) is 8.79. The molecule has 5 nitrogen and oxygen atoms in total. The molecule has 2 saturated carbocycles. The summed E-state index contributed by atoms with van der Waals surface area (Å²) < 4.78 is 41.9. The Balaban J connectivity index is 1.46. The lowest BCUT2D eigenvalue weighted by molar-refractivity contribution is -0.142. The number of amides is 1. The lowest BCUT2D eigenvalue weighted by atomic mass is 9.84. The number of hydrogen-bond donors (Lipinski definition) is 1. The molecule has 1 amide bonds. The molecule has 0 saturated heterocycles. The van der Waals surface area contributed by atoms with Gasteiger partial charge in [-0.25, -0.2) is 9.50 Å². The number of benzene rings is 1. The van der Waals surface area contributed by atoms with Crippen LogP contribution in [0.15, 0.2) is 42.5 Å². The minimum atomic E-state index is -4.64. The fraction of sp³-hybridized carbons (Fsp3) is 0.435. The van der Waals surface area contributed by atoms with Crippen LogP contribution < -0.4 is 5.32 Å². The van der Waals surface area contributed by atoms with Crippen LogP contribution in [0, 0.1) is 17.8 Å². The number of nitrogens with one attached hydrogen (secondary N) is 1. The third kappa shape index (κ3) is 3.68. The number of carbonyl (C=O) groups excluding carboxylic acids is 1. The van der Waals surface area contributed by atoms with Crippen LogP contribution in [0.1, 0.15) is 48.8 Å². The van der Waals surface area contributed by atoms with Crippen LogP contribution in [0.3, 0.4) is 0 Å². The number of carbonyl (C=O) groups is 1. The lowest BCUT2D eigenvalue weighted by Gasteiger charge is -2.28. The van der Waals surface area contributed by atoms with Gasteiger partial charge in [-0.1, -0.05) is 36.8 Å². The van der Waals surface area contributed by atoms with Crippen LogP contribution in [0.25, 0.3) is 16.9 Å². The number of nitrogens with zero attached hydrogens (tertiary/aromatic N) is 3. The summed E-state index contributed by atoms with van der Waals surface area (Å²) >= 11 is 0. The van der Waals surface area contributed by atoms with Crippen molar-refractivity contribution in [1.82, 2.24) is 19.9 Å². The molecule has 2 heterocycles. The van der Waals surface area contributed by atoms with Gasteiger partial charge in [0, 0.05) is 17.7 Å². The van der Waals surface area contributed by atoms with Crippen LogP contribution in [-0.4, -0.2) is 26.5 Å². The maximum Gasteiger partial charge on any atom is 0.433 e. The highest BCUT2D eigenvalue weighted by atomic mass is 19.4. The monoisotopic (exact) mass is 428 g/mol. The predicted octanol–water partition coefficient (Wildman–Crippen LogP) is 4.97. The number of fused-ring (bicyclic) bond motifs is 3. The minimum absolute atomic E-state index is 0.00796. The first-order valence-corrected chi connectivity index (χ1v) is 10.6. The normalized spacial score (nSPS) is 23.9. The summed E-state index contributed by atoms with van der Waals surface area (Å²) in [4.78, 5) is 17.1. The Bertz CT molecular complexity index is 1130. The molecule has 2 aromatic heterocycles. The van der Waals surface area contributed by atoms with Crippen LogP contribution in [-0.2, 0) is 6.18 Å². The summed E-state index contributed by atoms with van der Waals surface area (Å²) in [5.41, 5.74) is -0.281. The Hall–Kier alpha value is -2.90. The molecule has 0 unspecified atom stereocenters. The van der Waals surface area contributed by atoms with Crippen molar-refractivity contribution in [2.24, 2.45) is 17.8 Å². The lowest BCUT2D eigenvalue weighted by Crippen LogP contribution is -2.40. The maximum absolute atomic E-state index is 13.7. The smallest absolute Gasteiger partial charge is 0.348 e. The molecule has 2 aliphatic carbocycles. The predicted molar refractivity (Wildman–Crippen MR) is 109 cm³/mol. The molecule has 4 atom stereocenters. The molecule has 8 heteroatoms. The van der Waals surface area contributed by atoms with E-state index in [0.717, 1.165) is 18.4 Å². The average Bonchev–Trinajstić information content (AvgIpc) is 3.48. The van der Waals surface area contributed by atoms with E-state index in [1.54, 1.807) is 30.3 Å². The minimum Gasteiger partial charge on any atom is -0.348 e. The Morgan fingerprint density at radius 1 is 1.16 bits per heavy atom. The molecule has 2 aliphatic rings. The first-order chi connectivity index (χ1) is 14.8. The number of hydrogen-bond acceptors (Lipinski definition) is 3. The molecule has 1 aromatic carbocycles. The van der Waals surface area contributed by atoms with E-state index in [0.29, 0.717) is 21.9 Å². The van der Waals surface area contributed by atoms with E-state index in [2.05, 4.69) is 15.4 Å². The van der Waals surface area contributed by atoms with Crippen molar-refractivity contribution in [1.29, 1.82) is 0 Å². The molecule has 0 spiro atoms. The van der Waals surface area contributed by atoms with Crippen LogP contribution in [0.2, 0.25) is 0 Å². The fourth-order valence-corrected chi connectivity index (χ4v) is 5.34. The quantitative estimate of drug-likeness (QED) is 0.638. The van der Waals surface area contributed by atoms with Crippen LogP contribution in [0.4, 0.5) is 13.2 Å². The second-order valence-electron chi connectivity index (χ2n) is 8.79. The van der Waals surface area contributed by atoms with Crippen LogP contribution in [0.5, 0.6) is 0 Å². The van der Waals surface area contributed by atoms with E-state index < -0.39 is 17.8 Å². The van der Waals surface area contributed by atoms with E-state index >= 15 is 0 Å². The Labute approximate surface area is 177 Å². The molecule has 5 rings (SSSR count). The Morgan fingerprint density at radius 3 is 2.58 bits per heavy atom. The van der Waals surface area contributed by atoms with Crippen molar-refractivity contribution in [3.63, 3.8) is 0 Å². The molecule has 0 radical (unpaired) electrons. The van der Waals surface area contributed by atoms with Gasteiger partial charge in [-0.05, 0) is 50.0 Å². The van der Waals surface area contributed by atoms with Crippen molar-refractivity contribution in [2.75, 3.05) is 0 Å². The van der Waals surface area contributed by atoms with Gasteiger partial charge in [-0.15, -0.1) is 0 Å². The van der Waals surface area contributed by atoms with Gasteiger partial charge in [0.05, 0.1) is 5.69 Å². The fourth-order valence-electron chi connectivity index (χ4n) is 5.34. The highest BCUT2D eigenvalue weighted by molar-refractivity contribution is 5.93. The number of aromatic nitrogens is 3. The summed E-state index contributed by atoms with van der Waals surface area (Å²) in [6.45, 7) is 1.98. The SMILES string of the molecule is C[C@H](NC(=O)c1cc2nc(-c3ccccc3)cc(C(F)(F)F)n2n1)[C@H]1C[C@@H]2CC[C@@H]1C2. The third-order valence-electron chi connectivity index (χ3n) is 6.81. The zero-order chi connectivity index (χ0) is 21.8. The maximum atomic E-state index is 13.7. The van der Waals surface area contributed by atoms with Gasteiger partial charge >= 0.3 is 6.18 Å². The zero-order valence-corrected chi connectivity index (χ0v) is 17.1. The average molecular weight is 428 g/mol. The van der Waals surface area contributed by atoms with Crippen molar-refractivity contribution < 1.29 is 18.0 Å². The second kappa shape index (κ2) is 7.35. The molecular formula is C23H23F3N4O. The Morgan fingerprint density at radius 2 is 1.94 bits per heavy atom. The van der Waals surface area contributed by atoms with Gasteiger partial charge < -0.3 is 5.32 Å². The van der Waals surface area contributed by atoms with Gasteiger partial charge in [-0.2, -0.15) is 18.3 Å². The van der Waals surface area contributed by atoms with Gasteiger partial charge in [0.15, 0.2) is 17.0 Å². The number of rotatable bonds is 4. The van der Waals surface area contributed by atoms with Gasteiger partial charge in [0.25, 0.3) is 5.91 Å². The van der Waals surface area contributed by atoms with Crippen molar-refractivity contribution in [3.05, 3.63) is 53.9 Å². The van der Waals surface area contributed by atoms with Crippen LogP contribution >= 0.6 is 0 Å². The first-order valence-electron chi connectivity index (χ1n) is 10.6. The molecule has 0 aliphatic heterocycles. The van der Waals surface area contributed by atoms with E-state index in [4.69, 9.17) is 0 Å². The molecular weight excluding hydrogens is 405 g/mol. The van der Waals surface area contributed by atoms with Crippen molar-refractivity contribution in [3.8, 4) is 11.3 Å². The largest absolute Gasteiger partial charge is 0.433 e. The molecule has 1 N–H and O–H groups in total. The highest BCUT2D eigenvalue weighted by Crippen LogP contribution is 2.49. The Kier molecular flexibility index (Phi) is 4.75. The van der Waals surface area contributed by atoms with E-state index in [1.165, 1.54) is 25.3 Å². The summed E-state index contributed by atoms with van der Waals surface area (Å²) in [6.07, 6.45) is 0.160. The van der Waals surface area contributed by atoms with Gasteiger partial charge in [0.1, 0.15) is 0 Å². The van der Waals surface area contributed by atoms with Gasteiger partial charge in [0.2, 0.25) is 0 Å². The topological polar surface area (TPSA) is 59.3 Å². The summed E-state index contributed by atoms with van der Waals surface area (Å²) in [7, 11) is 0. The highest BCUT2D eigenvalue weighted by Gasteiger charge is 2.42. The number of halogens is 3. The number of alkyl halides is 3. The first kappa shape index (κ1) is 20.0.